The van der Waals surface area contributed by atoms with Crippen LogP contribution in [0.15, 0.2) is 76.9 Å². The summed E-state index contributed by atoms with van der Waals surface area (Å²) in [6.07, 6.45) is 1.35. The van der Waals surface area contributed by atoms with E-state index in [0.29, 0.717) is 35.4 Å². The van der Waals surface area contributed by atoms with E-state index in [9.17, 15) is 9.59 Å². The van der Waals surface area contributed by atoms with Crippen molar-refractivity contribution < 1.29 is 28.2 Å². The van der Waals surface area contributed by atoms with Gasteiger partial charge >= 0.3 is 12.1 Å². The SMILES string of the molecule is COC(=O)/C(=C/c1c(Br)c(OCc2ccccc2)cc2c1C[C@H](O[Si](C)(C)C(C)(C)C)CN2)NC(=O)OCc1ccccc1. The van der Waals surface area contributed by atoms with Crippen LogP contribution in [0.3, 0.4) is 0 Å². The fourth-order valence-corrected chi connectivity index (χ4v) is 6.47. The van der Waals surface area contributed by atoms with Crippen molar-refractivity contribution in [3.05, 3.63) is 99.2 Å². The van der Waals surface area contributed by atoms with Crippen LogP contribution in [-0.4, -0.2) is 40.1 Å². The summed E-state index contributed by atoms with van der Waals surface area (Å²) >= 11 is 3.75. The number of halogens is 1. The lowest BCUT2D eigenvalue weighted by atomic mass is 9.95. The molecule has 1 heterocycles. The molecule has 1 atom stereocenters. The molecule has 8 nitrogen and oxygen atoms in total. The Morgan fingerprint density at radius 1 is 1.02 bits per heavy atom. The normalized spacial score (nSPS) is 15.1. The maximum atomic E-state index is 12.9. The number of ether oxygens (including phenoxy) is 3. The van der Waals surface area contributed by atoms with Gasteiger partial charge in [-0.15, -0.1) is 0 Å². The number of nitrogens with one attached hydrogen (secondary N) is 2. The number of benzene rings is 3. The fourth-order valence-electron chi connectivity index (χ4n) is 4.53. The lowest BCUT2D eigenvalue weighted by Crippen LogP contribution is -2.47. The highest BCUT2D eigenvalue weighted by Crippen LogP contribution is 2.42. The van der Waals surface area contributed by atoms with Gasteiger partial charge in [0.15, 0.2) is 8.32 Å². The van der Waals surface area contributed by atoms with Crippen molar-refractivity contribution in [3.63, 3.8) is 0 Å². The van der Waals surface area contributed by atoms with E-state index in [1.165, 1.54) is 7.11 Å². The molecule has 0 bridgehead atoms. The summed E-state index contributed by atoms with van der Waals surface area (Å²) < 4.78 is 24.1. The molecule has 0 aliphatic carbocycles. The van der Waals surface area contributed by atoms with E-state index in [-0.39, 0.29) is 23.4 Å². The maximum Gasteiger partial charge on any atom is 0.412 e. The second kappa shape index (κ2) is 14.5. The number of fused-ring (bicyclic) bond motifs is 1. The standard InChI is InChI=1S/C34H41BrN2O6Si/c1-34(2,3)44(5,6)43-25-17-26-27(18-29(32(38)40-4)37-33(39)42-22-24-15-11-8-12-16-24)31(35)30(19-28(26)36-20-25)41-21-23-13-9-7-10-14-23/h7-16,18-19,25,36H,17,20-22H2,1-6H3,(H,37,39)/b29-18-/t25-/m0/s1. The average Bonchev–Trinajstić information content (AvgIpc) is 3.00. The molecule has 0 aromatic heterocycles. The number of esters is 1. The Labute approximate surface area is 269 Å². The van der Waals surface area contributed by atoms with Gasteiger partial charge in [0.2, 0.25) is 0 Å². The van der Waals surface area contributed by atoms with Crippen molar-refractivity contribution in [2.45, 2.75) is 64.6 Å². The Hall–Kier alpha value is -3.60. The zero-order chi connectivity index (χ0) is 31.9. The third-order valence-corrected chi connectivity index (χ3v) is 13.3. The average molecular weight is 682 g/mol. The summed E-state index contributed by atoms with van der Waals surface area (Å²) in [4.78, 5) is 25.7. The first kappa shape index (κ1) is 33.3. The number of methoxy groups -OCH3 is 1. The molecule has 0 saturated heterocycles. The lowest BCUT2D eigenvalue weighted by Gasteiger charge is -2.41. The summed E-state index contributed by atoms with van der Waals surface area (Å²) in [6.45, 7) is 12.2. The predicted molar refractivity (Wildman–Crippen MR) is 179 cm³/mol. The third kappa shape index (κ3) is 8.52. The molecule has 0 fully saturated rings. The smallest absolute Gasteiger partial charge is 0.412 e. The molecule has 0 radical (unpaired) electrons. The summed E-state index contributed by atoms with van der Waals surface area (Å²) in [6, 6.07) is 21.1. The second-order valence-corrected chi connectivity index (χ2v) is 17.8. The summed E-state index contributed by atoms with van der Waals surface area (Å²) in [5.41, 5.74) is 4.24. The number of carbonyl (C=O) groups excluding carboxylic acids is 2. The minimum absolute atomic E-state index is 0.0494. The fraction of sp³-hybridized carbons (Fsp3) is 0.353. The number of amides is 1. The van der Waals surface area contributed by atoms with E-state index < -0.39 is 20.4 Å². The number of rotatable bonds is 10. The van der Waals surface area contributed by atoms with Gasteiger partial charge in [-0.1, -0.05) is 81.4 Å². The molecular formula is C34H41BrN2O6Si. The van der Waals surface area contributed by atoms with Crippen molar-refractivity contribution in [2.24, 2.45) is 0 Å². The van der Waals surface area contributed by atoms with Crippen molar-refractivity contribution in [3.8, 4) is 5.75 Å². The first-order valence-electron chi connectivity index (χ1n) is 14.6. The highest BCUT2D eigenvalue weighted by molar-refractivity contribution is 9.10. The number of carbonyl (C=O) groups is 2. The predicted octanol–water partition coefficient (Wildman–Crippen LogP) is 7.83. The van der Waals surface area contributed by atoms with Crippen LogP contribution in [0.1, 0.15) is 43.0 Å². The van der Waals surface area contributed by atoms with Crippen LogP contribution in [0.2, 0.25) is 18.1 Å². The van der Waals surface area contributed by atoms with Gasteiger partial charge in [-0.25, -0.2) is 9.59 Å². The molecule has 1 aliphatic heterocycles. The number of hydrogen-bond donors (Lipinski definition) is 2. The summed E-state index contributed by atoms with van der Waals surface area (Å²) in [5.74, 6) is -0.123. The minimum atomic E-state index is -2.06. The topological polar surface area (TPSA) is 95.1 Å². The van der Waals surface area contributed by atoms with Crippen LogP contribution in [0.5, 0.6) is 5.75 Å². The molecular weight excluding hydrogens is 640 g/mol. The first-order chi connectivity index (χ1) is 20.9. The Morgan fingerprint density at radius 2 is 1.64 bits per heavy atom. The van der Waals surface area contributed by atoms with E-state index in [1.807, 2.05) is 66.7 Å². The van der Waals surface area contributed by atoms with Crippen LogP contribution in [0.25, 0.3) is 6.08 Å². The van der Waals surface area contributed by atoms with Gasteiger partial charge in [0, 0.05) is 30.3 Å². The molecule has 3 aromatic rings. The molecule has 0 spiro atoms. The van der Waals surface area contributed by atoms with Gasteiger partial charge < -0.3 is 24.0 Å². The molecule has 234 valence electrons. The molecule has 1 amide bonds. The van der Waals surface area contributed by atoms with Crippen molar-refractivity contribution >= 4 is 48.1 Å². The van der Waals surface area contributed by atoms with Crippen LogP contribution < -0.4 is 15.4 Å². The lowest BCUT2D eigenvalue weighted by molar-refractivity contribution is -0.136. The van der Waals surface area contributed by atoms with E-state index in [2.05, 4.69) is 60.4 Å². The molecule has 2 N–H and O–H groups in total. The van der Waals surface area contributed by atoms with Gasteiger partial charge in [-0.3, -0.25) is 5.32 Å². The molecule has 44 heavy (non-hydrogen) atoms. The van der Waals surface area contributed by atoms with Gasteiger partial charge in [-0.2, -0.15) is 0 Å². The molecule has 4 rings (SSSR count). The van der Waals surface area contributed by atoms with Crippen LogP contribution >= 0.6 is 15.9 Å². The highest BCUT2D eigenvalue weighted by Gasteiger charge is 2.40. The number of anilines is 1. The van der Waals surface area contributed by atoms with Gasteiger partial charge in [0.05, 0.1) is 17.7 Å². The molecule has 0 saturated carbocycles. The van der Waals surface area contributed by atoms with Crippen LogP contribution in [-0.2, 0) is 38.3 Å². The first-order valence-corrected chi connectivity index (χ1v) is 18.3. The Kier molecular flexibility index (Phi) is 10.9. The van der Waals surface area contributed by atoms with Gasteiger partial charge in [0.25, 0.3) is 0 Å². The van der Waals surface area contributed by atoms with Crippen molar-refractivity contribution in [2.75, 3.05) is 19.0 Å². The minimum Gasteiger partial charge on any atom is -0.488 e. The summed E-state index contributed by atoms with van der Waals surface area (Å²) in [5, 5.41) is 6.16. The molecule has 1 aliphatic rings. The number of hydrogen-bond acceptors (Lipinski definition) is 7. The zero-order valence-corrected chi connectivity index (χ0v) is 28.7. The van der Waals surface area contributed by atoms with Crippen LogP contribution in [0.4, 0.5) is 10.5 Å². The summed E-state index contributed by atoms with van der Waals surface area (Å²) in [7, 11) is -0.794. The Morgan fingerprint density at radius 3 is 2.23 bits per heavy atom. The second-order valence-electron chi connectivity index (χ2n) is 12.2. The maximum absolute atomic E-state index is 12.9. The molecule has 3 aromatic carbocycles. The molecule has 10 heteroatoms. The molecule has 0 unspecified atom stereocenters. The van der Waals surface area contributed by atoms with E-state index in [4.69, 9.17) is 18.6 Å². The zero-order valence-electron chi connectivity index (χ0n) is 26.2. The van der Waals surface area contributed by atoms with Crippen molar-refractivity contribution in [1.29, 1.82) is 0 Å². The van der Waals surface area contributed by atoms with E-state index >= 15 is 0 Å². The van der Waals surface area contributed by atoms with Crippen molar-refractivity contribution in [1.82, 2.24) is 5.32 Å². The quantitative estimate of drug-likeness (QED) is 0.128. The van der Waals surface area contributed by atoms with E-state index in [0.717, 1.165) is 22.4 Å². The Bertz CT molecular complexity index is 1490. The van der Waals surface area contributed by atoms with Gasteiger partial charge in [-0.05, 0) is 56.8 Å². The van der Waals surface area contributed by atoms with E-state index in [1.54, 1.807) is 6.08 Å². The van der Waals surface area contributed by atoms with Crippen LogP contribution in [0, 0.1) is 0 Å². The van der Waals surface area contributed by atoms with Gasteiger partial charge in [0.1, 0.15) is 24.7 Å². The Balaban J connectivity index is 1.69. The third-order valence-electron chi connectivity index (χ3n) is 7.98. The number of alkyl carbamates (subject to hydrolysis) is 1. The monoisotopic (exact) mass is 680 g/mol. The largest absolute Gasteiger partial charge is 0.488 e. The highest BCUT2D eigenvalue weighted by atomic mass is 79.9.